The Bertz CT molecular complexity index is 858. The van der Waals surface area contributed by atoms with Gasteiger partial charge >= 0.3 is 11.9 Å². The van der Waals surface area contributed by atoms with E-state index in [0.717, 1.165) is 24.5 Å². The predicted molar refractivity (Wildman–Crippen MR) is 108 cm³/mol. The van der Waals surface area contributed by atoms with Gasteiger partial charge in [-0.15, -0.1) is 0 Å². The lowest BCUT2D eigenvalue weighted by Crippen LogP contribution is -2.61. The number of aliphatic imine (C=N–C) groups is 1. The van der Waals surface area contributed by atoms with Gasteiger partial charge in [0.05, 0.1) is 0 Å². The fraction of sp³-hybridized carbons (Fsp3) is 0.500. The number of imide groups is 1. The first-order valence-electron chi connectivity index (χ1n) is 9.69. The topological polar surface area (TPSA) is 59.2 Å². The summed E-state index contributed by atoms with van der Waals surface area (Å²) < 4.78 is 2.04. The highest BCUT2D eigenvalue weighted by Gasteiger charge is 2.53. The third-order valence-corrected chi connectivity index (χ3v) is 5.95. The van der Waals surface area contributed by atoms with Crippen LogP contribution in [-0.2, 0) is 11.3 Å². The number of fused-ring (bicyclic) bond motifs is 1. The van der Waals surface area contributed by atoms with Gasteiger partial charge in [-0.3, -0.25) is 19.5 Å². The van der Waals surface area contributed by atoms with Crippen LogP contribution in [-0.4, -0.2) is 82.7 Å². The Morgan fingerprint density at radius 2 is 1.75 bits per heavy atom. The van der Waals surface area contributed by atoms with Crippen molar-refractivity contribution >= 4 is 35.2 Å². The SMILES string of the molecule is CN1C(=O)C2C(=NC(CN3CCCCC3)=[N+]2Cc2ccc(Cl)cc2)N(C)C1=O. The third kappa shape index (κ3) is 3.44. The van der Waals surface area contributed by atoms with E-state index >= 15 is 0 Å². The minimum atomic E-state index is -0.567. The summed E-state index contributed by atoms with van der Waals surface area (Å²) in [4.78, 5) is 35.2. The quantitative estimate of drug-likeness (QED) is 0.724. The first-order chi connectivity index (χ1) is 13.5. The van der Waals surface area contributed by atoms with Gasteiger partial charge in [-0.25, -0.2) is 9.37 Å². The van der Waals surface area contributed by atoms with Gasteiger partial charge in [0.1, 0.15) is 13.1 Å². The minimum Gasteiger partial charge on any atom is -0.292 e. The van der Waals surface area contributed by atoms with Crippen molar-refractivity contribution in [3.05, 3.63) is 34.9 Å². The molecule has 0 spiro atoms. The number of carbonyl (C=O) groups excluding carboxylic acids is 2. The molecule has 7 nitrogen and oxygen atoms in total. The molecule has 0 aliphatic carbocycles. The molecule has 2 saturated heterocycles. The summed E-state index contributed by atoms with van der Waals surface area (Å²) >= 11 is 6.02. The second kappa shape index (κ2) is 7.64. The smallest absolute Gasteiger partial charge is 0.292 e. The maximum atomic E-state index is 13.0. The van der Waals surface area contributed by atoms with Crippen molar-refractivity contribution < 1.29 is 14.2 Å². The number of rotatable bonds is 4. The number of amides is 3. The molecule has 1 atom stereocenters. The van der Waals surface area contributed by atoms with Gasteiger partial charge in [-0.05, 0) is 48.6 Å². The van der Waals surface area contributed by atoms with Crippen LogP contribution in [0.1, 0.15) is 24.8 Å². The molecule has 1 aromatic carbocycles. The van der Waals surface area contributed by atoms with E-state index in [1.165, 1.54) is 36.1 Å². The van der Waals surface area contributed by atoms with Crippen LogP contribution in [0.15, 0.2) is 29.3 Å². The fourth-order valence-electron chi connectivity index (χ4n) is 4.06. The van der Waals surface area contributed by atoms with Crippen LogP contribution in [0.5, 0.6) is 0 Å². The van der Waals surface area contributed by atoms with Crippen molar-refractivity contribution in [2.24, 2.45) is 4.99 Å². The number of carbonyl (C=O) groups is 2. The number of urea groups is 1. The maximum Gasteiger partial charge on any atom is 0.333 e. The van der Waals surface area contributed by atoms with E-state index < -0.39 is 6.04 Å². The van der Waals surface area contributed by atoms with Gasteiger partial charge in [0.15, 0.2) is 0 Å². The van der Waals surface area contributed by atoms with Crippen LogP contribution in [0.2, 0.25) is 5.02 Å². The largest absolute Gasteiger partial charge is 0.333 e. The molecule has 8 heteroatoms. The summed E-state index contributed by atoms with van der Waals surface area (Å²) in [5.41, 5.74) is 1.05. The third-order valence-electron chi connectivity index (χ3n) is 5.69. The van der Waals surface area contributed by atoms with E-state index in [-0.39, 0.29) is 11.9 Å². The van der Waals surface area contributed by atoms with Gasteiger partial charge in [-0.1, -0.05) is 30.2 Å². The van der Waals surface area contributed by atoms with Gasteiger partial charge < -0.3 is 0 Å². The molecule has 0 N–H and O–H groups in total. The van der Waals surface area contributed by atoms with Crippen molar-refractivity contribution in [2.45, 2.75) is 31.8 Å². The number of hydrogen-bond acceptors (Lipinski definition) is 4. The Morgan fingerprint density at radius 3 is 2.43 bits per heavy atom. The van der Waals surface area contributed by atoms with Crippen LogP contribution >= 0.6 is 11.6 Å². The number of likely N-dealkylation sites (N-methyl/N-ethyl adjacent to an activating group) is 2. The molecular formula is C20H25ClN5O2+. The molecule has 3 amide bonds. The lowest BCUT2D eigenvalue weighted by atomic mass is 10.1. The molecule has 3 aliphatic heterocycles. The number of benzene rings is 1. The number of nitrogens with zero attached hydrogens (tertiary/aromatic N) is 5. The Kier molecular flexibility index (Phi) is 5.21. The molecule has 2 fully saturated rings. The zero-order chi connectivity index (χ0) is 19.8. The lowest BCUT2D eigenvalue weighted by Gasteiger charge is -2.30. The standard InChI is InChI=1S/C20H25ClN5O2/c1-23-18-17(19(27)24(2)20(23)28)26(12-14-6-8-15(21)9-7-14)16(22-18)13-25-10-4-3-5-11-25/h6-9,17H,3-5,10-13H2,1-2H3/q+1. The molecule has 148 valence electrons. The van der Waals surface area contributed by atoms with Crippen molar-refractivity contribution in [1.29, 1.82) is 0 Å². The average molecular weight is 403 g/mol. The Labute approximate surface area is 169 Å². The molecule has 28 heavy (non-hydrogen) atoms. The van der Waals surface area contributed by atoms with Crippen LogP contribution in [0.4, 0.5) is 4.79 Å². The summed E-state index contributed by atoms with van der Waals surface area (Å²) in [6, 6.07) is 6.72. The monoisotopic (exact) mass is 402 g/mol. The average Bonchev–Trinajstić information content (AvgIpc) is 3.05. The highest BCUT2D eigenvalue weighted by atomic mass is 35.5. The molecule has 0 aromatic heterocycles. The molecule has 4 rings (SSSR count). The van der Waals surface area contributed by atoms with Gasteiger partial charge in [0.25, 0.3) is 17.8 Å². The lowest BCUT2D eigenvalue weighted by molar-refractivity contribution is -0.552. The number of halogens is 1. The Morgan fingerprint density at radius 1 is 1.07 bits per heavy atom. The van der Waals surface area contributed by atoms with Crippen molar-refractivity contribution in [3.63, 3.8) is 0 Å². The van der Waals surface area contributed by atoms with E-state index in [4.69, 9.17) is 16.6 Å². The molecule has 3 aliphatic rings. The van der Waals surface area contributed by atoms with E-state index in [1.54, 1.807) is 7.05 Å². The van der Waals surface area contributed by atoms with E-state index in [9.17, 15) is 9.59 Å². The highest BCUT2D eigenvalue weighted by molar-refractivity contribution is 6.30. The molecule has 0 bridgehead atoms. The molecule has 1 unspecified atom stereocenters. The highest BCUT2D eigenvalue weighted by Crippen LogP contribution is 2.22. The number of piperidine rings is 1. The molecule has 3 heterocycles. The van der Waals surface area contributed by atoms with Crippen LogP contribution < -0.4 is 0 Å². The fourth-order valence-corrected chi connectivity index (χ4v) is 4.19. The van der Waals surface area contributed by atoms with Crippen molar-refractivity contribution in [3.8, 4) is 0 Å². The second-order valence-corrected chi connectivity index (χ2v) is 8.06. The van der Waals surface area contributed by atoms with E-state index in [1.807, 2.05) is 28.8 Å². The molecular weight excluding hydrogens is 378 g/mol. The van der Waals surface area contributed by atoms with Crippen molar-refractivity contribution in [1.82, 2.24) is 14.7 Å². The second-order valence-electron chi connectivity index (χ2n) is 7.62. The van der Waals surface area contributed by atoms with Gasteiger partial charge in [-0.2, -0.15) is 0 Å². The molecule has 1 aromatic rings. The van der Waals surface area contributed by atoms with Gasteiger partial charge in [0.2, 0.25) is 0 Å². The summed E-state index contributed by atoms with van der Waals surface area (Å²) in [7, 11) is 3.21. The summed E-state index contributed by atoms with van der Waals surface area (Å²) in [5, 5.41) is 0.679. The van der Waals surface area contributed by atoms with E-state index in [0.29, 0.717) is 23.9 Å². The summed E-state index contributed by atoms with van der Waals surface area (Å²) in [6.07, 6.45) is 3.63. The predicted octanol–water partition coefficient (Wildman–Crippen LogP) is 2.04. The van der Waals surface area contributed by atoms with Crippen LogP contribution in [0, 0.1) is 0 Å². The van der Waals surface area contributed by atoms with Crippen LogP contribution in [0.25, 0.3) is 0 Å². The zero-order valence-electron chi connectivity index (χ0n) is 16.3. The first-order valence-corrected chi connectivity index (χ1v) is 10.1. The maximum absolute atomic E-state index is 13.0. The van der Waals surface area contributed by atoms with Crippen molar-refractivity contribution in [2.75, 3.05) is 33.7 Å². The molecule has 0 radical (unpaired) electrons. The number of amidine groups is 2. The minimum absolute atomic E-state index is 0.232. The normalized spacial score (nSPS) is 23.4. The number of hydrogen-bond donors (Lipinski definition) is 0. The first kappa shape index (κ1) is 19.1. The van der Waals surface area contributed by atoms with E-state index in [2.05, 4.69) is 4.90 Å². The summed E-state index contributed by atoms with van der Waals surface area (Å²) in [6.45, 7) is 3.30. The Hall–Kier alpha value is -2.25. The molecule has 0 saturated carbocycles. The Balaban J connectivity index is 1.69. The summed E-state index contributed by atoms with van der Waals surface area (Å²) in [5.74, 6) is 1.14. The number of likely N-dealkylation sites (tertiary alicyclic amines) is 1. The van der Waals surface area contributed by atoms with Crippen LogP contribution in [0.3, 0.4) is 0 Å². The zero-order valence-corrected chi connectivity index (χ0v) is 17.0. The van der Waals surface area contributed by atoms with Gasteiger partial charge in [0, 0.05) is 19.1 Å².